The van der Waals surface area contributed by atoms with Crippen molar-refractivity contribution in [3.05, 3.63) is 87.8 Å². The maximum atomic E-state index is 13.6. The number of hydrogen-bond acceptors (Lipinski definition) is 6. The summed E-state index contributed by atoms with van der Waals surface area (Å²) < 4.78 is 12.3. The molecule has 8 heteroatoms. The molecule has 0 N–H and O–H groups in total. The lowest BCUT2D eigenvalue weighted by atomic mass is 9.83. The first-order chi connectivity index (χ1) is 16.3. The molecule has 0 spiro atoms. The Morgan fingerprint density at radius 1 is 1.00 bits per heavy atom. The van der Waals surface area contributed by atoms with Crippen molar-refractivity contribution < 1.29 is 19.1 Å². The molecule has 0 saturated heterocycles. The van der Waals surface area contributed by atoms with Crippen LogP contribution in [-0.2, 0) is 4.79 Å². The number of fused-ring (bicyclic) bond motifs is 1. The summed E-state index contributed by atoms with van der Waals surface area (Å²) >= 11 is 0. The third-order valence-electron chi connectivity index (χ3n) is 5.99. The number of benzene rings is 2. The van der Waals surface area contributed by atoms with Crippen molar-refractivity contribution in [3.63, 3.8) is 0 Å². The first-order valence-electron chi connectivity index (χ1n) is 11.1. The molecule has 1 atom stereocenters. The summed E-state index contributed by atoms with van der Waals surface area (Å²) in [5.41, 5.74) is 1.19. The van der Waals surface area contributed by atoms with E-state index >= 15 is 0 Å². The van der Waals surface area contributed by atoms with Gasteiger partial charge in [-0.05, 0) is 25.0 Å². The summed E-state index contributed by atoms with van der Waals surface area (Å²) in [6.45, 7) is 5.35. The molecule has 0 bridgehead atoms. The molecule has 1 amide bonds. The molecule has 0 fully saturated rings. The standard InChI is InChI=1S/C26H27N3O5/c1-16(2)28-15-20(21(18-11-7-5-8-12-18)19-13-9-6-10-14-19)29-22(25(28)32)23(34-17(3)30)24(31)27-26(29)33-4/h5-14,16,20-21H,15H2,1-4H3/t20-/m1/s1. The SMILES string of the molecule is COc1nc(=O)c(OC(C)=O)c2n1[C@@H](C(c1ccccc1)c1ccccc1)CN(C(C)C)C2=O. The third-order valence-corrected chi connectivity index (χ3v) is 5.99. The molecule has 0 unspecified atom stereocenters. The molecule has 8 nitrogen and oxygen atoms in total. The second-order valence-corrected chi connectivity index (χ2v) is 8.46. The number of carbonyl (C=O) groups excluding carboxylic acids is 2. The van der Waals surface area contributed by atoms with Crippen LogP contribution in [0.25, 0.3) is 0 Å². The zero-order valence-electron chi connectivity index (χ0n) is 19.6. The molecule has 0 saturated carbocycles. The molecule has 2 heterocycles. The van der Waals surface area contributed by atoms with Crippen LogP contribution in [0.2, 0.25) is 0 Å². The Kier molecular flexibility index (Phi) is 6.49. The molecule has 1 aliphatic rings. The predicted molar refractivity (Wildman–Crippen MR) is 126 cm³/mol. The Bertz CT molecular complexity index is 1220. The van der Waals surface area contributed by atoms with Crippen molar-refractivity contribution in [2.24, 2.45) is 0 Å². The van der Waals surface area contributed by atoms with Crippen LogP contribution in [0.3, 0.4) is 0 Å². The maximum Gasteiger partial charge on any atom is 0.319 e. The molecule has 34 heavy (non-hydrogen) atoms. The molecular formula is C26H27N3O5. The quantitative estimate of drug-likeness (QED) is 0.523. The smallest absolute Gasteiger partial charge is 0.319 e. The molecular weight excluding hydrogens is 434 g/mol. The lowest BCUT2D eigenvalue weighted by molar-refractivity contribution is -0.132. The topological polar surface area (TPSA) is 90.7 Å². The average Bonchev–Trinajstić information content (AvgIpc) is 2.82. The summed E-state index contributed by atoms with van der Waals surface area (Å²) in [7, 11) is 1.40. The van der Waals surface area contributed by atoms with Gasteiger partial charge in [-0.1, -0.05) is 60.7 Å². The first-order valence-corrected chi connectivity index (χ1v) is 11.1. The second-order valence-electron chi connectivity index (χ2n) is 8.46. The number of esters is 1. The molecule has 0 aliphatic carbocycles. The fourth-order valence-electron chi connectivity index (χ4n) is 4.54. The van der Waals surface area contributed by atoms with Crippen molar-refractivity contribution in [1.29, 1.82) is 0 Å². The number of carbonyl (C=O) groups is 2. The zero-order valence-corrected chi connectivity index (χ0v) is 19.6. The minimum Gasteiger partial charge on any atom is -0.468 e. The van der Waals surface area contributed by atoms with Gasteiger partial charge in [-0.15, -0.1) is 0 Å². The number of ether oxygens (including phenoxy) is 2. The van der Waals surface area contributed by atoms with Gasteiger partial charge in [0.05, 0.1) is 13.2 Å². The van der Waals surface area contributed by atoms with E-state index in [1.54, 1.807) is 9.47 Å². The van der Waals surface area contributed by atoms with E-state index in [0.717, 1.165) is 11.1 Å². The summed E-state index contributed by atoms with van der Waals surface area (Å²) in [4.78, 5) is 43.9. The van der Waals surface area contributed by atoms with Gasteiger partial charge < -0.3 is 14.4 Å². The maximum absolute atomic E-state index is 13.6. The van der Waals surface area contributed by atoms with Crippen molar-refractivity contribution in [2.75, 3.05) is 13.7 Å². The van der Waals surface area contributed by atoms with E-state index in [1.165, 1.54) is 14.0 Å². The van der Waals surface area contributed by atoms with Gasteiger partial charge in [-0.2, -0.15) is 4.98 Å². The van der Waals surface area contributed by atoms with E-state index in [2.05, 4.69) is 4.98 Å². The molecule has 4 rings (SSSR count). The highest BCUT2D eigenvalue weighted by atomic mass is 16.5. The van der Waals surface area contributed by atoms with Gasteiger partial charge in [-0.3, -0.25) is 19.0 Å². The number of rotatable bonds is 6. The van der Waals surface area contributed by atoms with Gasteiger partial charge >= 0.3 is 17.5 Å². The Balaban J connectivity index is 2.05. The van der Waals surface area contributed by atoms with E-state index < -0.39 is 23.5 Å². The Morgan fingerprint density at radius 3 is 2.03 bits per heavy atom. The second kappa shape index (κ2) is 9.51. The first kappa shape index (κ1) is 23.2. The lowest BCUT2D eigenvalue weighted by Crippen LogP contribution is -2.50. The summed E-state index contributed by atoms with van der Waals surface area (Å²) in [5.74, 6) is -1.71. The van der Waals surface area contributed by atoms with Gasteiger partial charge in [0.15, 0.2) is 5.69 Å². The van der Waals surface area contributed by atoms with Crippen LogP contribution in [0, 0.1) is 0 Å². The van der Waals surface area contributed by atoms with Gasteiger partial charge in [0, 0.05) is 25.4 Å². The number of amides is 1. The van der Waals surface area contributed by atoms with Crippen LogP contribution in [-0.4, -0.2) is 46.0 Å². The Hall–Kier alpha value is -3.94. The van der Waals surface area contributed by atoms with Crippen LogP contribution in [0.4, 0.5) is 0 Å². The molecule has 2 aromatic carbocycles. The van der Waals surface area contributed by atoms with E-state index in [0.29, 0.717) is 6.54 Å². The van der Waals surface area contributed by atoms with E-state index in [-0.39, 0.29) is 29.4 Å². The predicted octanol–water partition coefficient (Wildman–Crippen LogP) is 3.41. The van der Waals surface area contributed by atoms with Crippen LogP contribution < -0.4 is 15.0 Å². The highest BCUT2D eigenvalue weighted by molar-refractivity contribution is 5.97. The normalized spacial score (nSPS) is 15.4. The van der Waals surface area contributed by atoms with Gasteiger partial charge in [-0.25, -0.2) is 0 Å². The molecule has 1 aromatic heterocycles. The Morgan fingerprint density at radius 2 is 1.56 bits per heavy atom. The Labute approximate surface area is 197 Å². The van der Waals surface area contributed by atoms with Crippen molar-refractivity contribution >= 4 is 11.9 Å². The van der Waals surface area contributed by atoms with Gasteiger partial charge in [0.2, 0.25) is 5.75 Å². The largest absolute Gasteiger partial charge is 0.468 e. The van der Waals surface area contributed by atoms with Crippen LogP contribution in [0.1, 0.15) is 54.3 Å². The van der Waals surface area contributed by atoms with E-state index in [4.69, 9.17) is 9.47 Å². The molecule has 1 aliphatic heterocycles. The zero-order chi connectivity index (χ0) is 24.4. The minimum atomic E-state index is -0.827. The monoisotopic (exact) mass is 461 g/mol. The van der Waals surface area contributed by atoms with Crippen LogP contribution in [0.15, 0.2) is 65.5 Å². The van der Waals surface area contributed by atoms with E-state index in [1.807, 2.05) is 74.5 Å². The fraction of sp³-hybridized carbons (Fsp3) is 0.308. The molecule has 3 aromatic rings. The summed E-state index contributed by atoms with van der Waals surface area (Å²) in [5, 5.41) is 0. The highest BCUT2D eigenvalue weighted by Crippen LogP contribution is 2.42. The fourth-order valence-corrected chi connectivity index (χ4v) is 4.54. The molecule has 0 radical (unpaired) electrons. The van der Waals surface area contributed by atoms with Crippen LogP contribution in [0.5, 0.6) is 11.8 Å². The summed E-state index contributed by atoms with van der Waals surface area (Å²) in [6, 6.07) is 19.3. The summed E-state index contributed by atoms with van der Waals surface area (Å²) in [6.07, 6.45) is 0. The number of methoxy groups -OCH3 is 1. The molecule has 176 valence electrons. The average molecular weight is 462 g/mol. The third kappa shape index (κ3) is 4.19. The number of aromatic nitrogens is 2. The van der Waals surface area contributed by atoms with Gasteiger partial charge in [0.1, 0.15) is 0 Å². The van der Waals surface area contributed by atoms with Crippen LogP contribution >= 0.6 is 0 Å². The van der Waals surface area contributed by atoms with E-state index in [9.17, 15) is 14.4 Å². The lowest BCUT2D eigenvalue weighted by Gasteiger charge is -2.42. The van der Waals surface area contributed by atoms with Crippen molar-refractivity contribution in [3.8, 4) is 11.8 Å². The number of hydrogen-bond donors (Lipinski definition) is 0. The van der Waals surface area contributed by atoms with Crippen molar-refractivity contribution in [2.45, 2.75) is 38.8 Å². The van der Waals surface area contributed by atoms with Gasteiger partial charge in [0.25, 0.3) is 5.91 Å². The van der Waals surface area contributed by atoms with Crippen molar-refractivity contribution in [1.82, 2.24) is 14.5 Å². The minimum absolute atomic E-state index is 0.00507. The highest BCUT2D eigenvalue weighted by Gasteiger charge is 2.42. The number of nitrogens with zero attached hydrogens (tertiary/aromatic N) is 3.